The summed E-state index contributed by atoms with van der Waals surface area (Å²) in [6, 6.07) is 50.3. The second-order valence-corrected chi connectivity index (χ2v) is 12.4. The molecule has 10 nitrogen and oxygen atoms in total. The van der Waals surface area contributed by atoms with Gasteiger partial charge in [-0.2, -0.15) is 0 Å². The molecule has 252 valence electrons. The predicted molar refractivity (Wildman–Crippen MR) is 202 cm³/mol. The number of nitrogens with zero attached hydrogens (tertiary/aromatic N) is 7. The van der Waals surface area contributed by atoms with E-state index < -0.39 is 10.5 Å². The van der Waals surface area contributed by atoms with Crippen molar-refractivity contribution in [2.75, 3.05) is 5.32 Å². The summed E-state index contributed by atoms with van der Waals surface area (Å²) in [5.74, 6) is 0.721. The van der Waals surface area contributed by atoms with E-state index in [2.05, 4.69) is 51.8 Å². The molecule has 1 N–H and O–H groups in total. The maximum absolute atomic E-state index is 11.6. The number of aromatic nitrogens is 6. The molecule has 0 amide bonds. The highest BCUT2D eigenvalue weighted by Crippen LogP contribution is 2.40. The molecule has 0 saturated heterocycles. The fourth-order valence-electron chi connectivity index (χ4n) is 6.78. The summed E-state index contributed by atoms with van der Waals surface area (Å²) in [5, 5.41) is 30.2. The van der Waals surface area contributed by atoms with Crippen LogP contribution in [0.1, 0.15) is 27.8 Å². The summed E-state index contributed by atoms with van der Waals surface area (Å²) in [6.45, 7) is 2.07. The van der Waals surface area contributed by atoms with Crippen LogP contribution in [0.25, 0.3) is 33.5 Å². The molecule has 10 heteroatoms. The van der Waals surface area contributed by atoms with Crippen LogP contribution < -0.4 is 5.32 Å². The van der Waals surface area contributed by atoms with Gasteiger partial charge in [0.1, 0.15) is 0 Å². The lowest BCUT2D eigenvalue weighted by Gasteiger charge is -2.34. The number of benzene rings is 5. The largest absolute Gasteiger partial charge is 0.360 e. The van der Waals surface area contributed by atoms with Crippen LogP contribution in [0.5, 0.6) is 0 Å². The molecule has 0 radical (unpaired) electrons. The Morgan fingerprint density at radius 2 is 1.35 bits per heavy atom. The van der Waals surface area contributed by atoms with Gasteiger partial charge in [-0.1, -0.05) is 127 Å². The van der Waals surface area contributed by atoms with Gasteiger partial charge < -0.3 is 5.32 Å². The van der Waals surface area contributed by atoms with Gasteiger partial charge in [-0.05, 0) is 58.7 Å². The number of tetrazole rings is 1. The molecular weight excluding hydrogens is 649 g/mol. The van der Waals surface area contributed by atoms with Gasteiger partial charge in [0.15, 0.2) is 5.54 Å². The number of nitrogens with one attached hydrogen (secondary N) is 1. The van der Waals surface area contributed by atoms with Gasteiger partial charge in [-0.3, -0.25) is 10.1 Å². The first kappa shape index (κ1) is 32.2. The van der Waals surface area contributed by atoms with E-state index in [4.69, 9.17) is 15.3 Å². The van der Waals surface area contributed by atoms with Crippen molar-refractivity contribution >= 4 is 22.4 Å². The Morgan fingerprint density at radius 3 is 1.98 bits per heavy atom. The fourth-order valence-corrected chi connectivity index (χ4v) is 6.78. The molecule has 0 fully saturated rings. The normalized spacial score (nSPS) is 11.4. The van der Waals surface area contributed by atoms with Crippen LogP contribution >= 0.6 is 0 Å². The Hall–Kier alpha value is -7.07. The van der Waals surface area contributed by atoms with Gasteiger partial charge in [-0.15, -0.1) is 15.0 Å². The van der Waals surface area contributed by atoms with Crippen LogP contribution in [0.4, 0.5) is 11.5 Å². The quantitative estimate of drug-likeness (QED) is 0.0865. The Labute approximate surface area is 299 Å². The molecule has 0 atom stereocenters. The van der Waals surface area contributed by atoms with Crippen LogP contribution in [0.15, 0.2) is 158 Å². The van der Waals surface area contributed by atoms with E-state index in [0.29, 0.717) is 17.9 Å². The highest BCUT2D eigenvalue weighted by atomic mass is 16.6. The van der Waals surface area contributed by atoms with E-state index in [0.717, 1.165) is 50.0 Å². The standard InChI is InChI=1S/C42H32N8O2/c1-29-25-26-43-41(39(29)49(51)52)44-28-30-21-23-37-31(27-30)22-24-38(45-37)35-19-11-12-20-36(35)40-46-48-50(47-40)42(32-13-5-2-6-14-32,33-15-7-3-8-16-33)34-17-9-4-10-18-34/h2-27H,28H2,1H3,(H,43,44). The van der Waals surface area contributed by atoms with Crippen LogP contribution in [-0.2, 0) is 12.1 Å². The van der Waals surface area contributed by atoms with Gasteiger partial charge in [-0.25, -0.2) is 9.97 Å². The molecule has 0 aliphatic heterocycles. The van der Waals surface area contributed by atoms with Crippen molar-refractivity contribution in [1.29, 1.82) is 0 Å². The zero-order valence-corrected chi connectivity index (χ0v) is 28.2. The van der Waals surface area contributed by atoms with Crippen molar-refractivity contribution in [1.82, 2.24) is 30.2 Å². The molecule has 5 aromatic carbocycles. The summed E-state index contributed by atoms with van der Waals surface area (Å²) < 4.78 is 0. The molecule has 0 bridgehead atoms. The van der Waals surface area contributed by atoms with Crippen molar-refractivity contribution in [3.8, 4) is 22.6 Å². The first-order valence-corrected chi connectivity index (χ1v) is 16.8. The maximum atomic E-state index is 11.6. The Bertz CT molecular complexity index is 2430. The average molecular weight is 681 g/mol. The van der Waals surface area contributed by atoms with Crippen LogP contribution in [0.2, 0.25) is 0 Å². The van der Waals surface area contributed by atoms with Crippen molar-refractivity contribution in [3.05, 3.63) is 196 Å². The second kappa shape index (κ2) is 13.7. The summed E-state index contributed by atoms with van der Waals surface area (Å²) in [7, 11) is 0. The van der Waals surface area contributed by atoms with E-state index >= 15 is 0 Å². The minimum absolute atomic E-state index is 0.0197. The number of hydrogen-bond donors (Lipinski definition) is 1. The smallest absolute Gasteiger partial charge is 0.314 e. The predicted octanol–water partition coefficient (Wildman–Crippen LogP) is 8.62. The molecule has 3 aromatic heterocycles. The third kappa shape index (κ3) is 5.81. The maximum Gasteiger partial charge on any atom is 0.314 e. The number of hydrogen-bond acceptors (Lipinski definition) is 8. The number of aryl methyl sites for hydroxylation is 1. The van der Waals surface area contributed by atoms with Gasteiger partial charge in [0.25, 0.3) is 0 Å². The topological polar surface area (TPSA) is 125 Å². The first-order valence-electron chi connectivity index (χ1n) is 16.8. The van der Waals surface area contributed by atoms with Gasteiger partial charge in [0.05, 0.1) is 16.1 Å². The molecule has 8 rings (SSSR count). The summed E-state index contributed by atoms with van der Waals surface area (Å²) in [5.41, 5.74) is 6.85. The van der Waals surface area contributed by atoms with Gasteiger partial charge in [0.2, 0.25) is 11.6 Å². The average Bonchev–Trinajstić information content (AvgIpc) is 3.69. The first-order chi connectivity index (χ1) is 25.5. The van der Waals surface area contributed by atoms with Gasteiger partial charge in [0, 0.05) is 34.8 Å². The number of anilines is 1. The summed E-state index contributed by atoms with van der Waals surface area (Å²) in [4.78, 5) is 22.2. The summed E-state index contributed by atoms with van der Waals surface area (Å²) in [6.07, 6.45) is 1.57. The third-order valence-electron chi connectivity index (χ3n) is 9.25. The Balaban J connectivity index is 1.16. The van der Waals surface area contributed by atoms with E-state index in [1.165, 1.54) is 0 Å². The minimum atomic E-state index is -0.891. The lowest BCUT2D eigenvalue weighted by molar-refractivity contribution is -0.384. The van der Waals surface area contributed by atoms with E-state index in [1.54, 1.807) is 24.0 Å². The molecule has 0 spiro atoms. The second-order valence-electron chi connectivity index (χ2n) is 12.4. The van der Waals surface area contributed by atoms with E-state index in [1.807, 2.05) is 109 Å². The number of pyridine rings is 2. The monoisotopic (exact) mass is 680 g/mol. The molecular formula is C42H32N8O2. The lowest BCUT2D eigenvalue weighted by Crippen LogP contribution is -2.39. The number of nitro groups is 1. The zero-order valence-electron chi connectivity index (χ0n) is 28.2. The SMILES string of the molecule is Cc1ccnc(NCc2ccc3nc(-c4ccccc4-c4nnn(C(c5ccccc5)(c5ccccc5)c5ccccc5)n4)ccc3c2)c1[N+](=O)[O-]. The molecule has 0 aliphatic carbocycles. The molecule has 0 aliphatic rings. The van der Waals surface area contributed by atoms with Crippen molar-refractivity contribution in [2.24, 2.45) is 0 Å². The van der Waals surface area contributed by atoms with E-state index in [9.17, 15) is 10.1 Å². The Morgan fingerprint density at radius 1 is 0.731 bits per heavy atom. The molecule has 8 aromatic rings. The van der Waals surface area contributed by atoms with Crippen molar-refractivity contribution < 1.29 is 4.92 Å². The van der Waals surface area contributed by atoms with E-state index in [-0.39, 0.29) is 11.5 Å². The van der Waals surface area contributed by atoms with Crippen molar-refractivity contribution in [3.63, 3.8) is 0 Å². The molecule has 0 saturated carbocycles. The van der Waals surface area contributed by atoms with Gasteiger partial charge >= 0.3 is 5.69 Å². The van der Waals surface area contributed by atoms with Crippen molar-refractivity contribution in [2.45, 2.75) is 19.0 Å². The Kier molecular flexibility index (Phi) is 8.46. The molecule has 52 heavy (non-hydrogen) atoms. The molecule has 3 heterocycles. The fraction of sp³-hybridized carbons (Fsp3) is 0.0714. The molecule has 0 unspecified atom stereocenters. The highest BCUT2D eigenvalue weighted by Gasteiger charge is 2.41. The minimum Gasteiger partial charge on any atom is -0.360 e. The third-order valence-corrected chi connectivity index (χ3v) is 9.25. The zero-order chi connectivity index (χ0) is 35.5. The lowest BCUT2D eigenvalue weighted by atomic mass is 9.77. The van der Waals surface area contributed by atoms with Crippen LogP contribution in [0.3, 0.4) is 0 Å². The number of fused-ring (bicyclic) bond motifs is 1. The van der Waals surface area contributed by atoms with Crippen LogP contribution in [0, 0.1) is 17.0 Å². The van der Waals surface area contributed by atoms with Crippen LogP contribution in [-0.4, -0.2) is 35.1 Å². The highest BCUT2D eigenvalue weighted by molar-refractivity contribution is 5.85. The number of rotatable bonds is 10. The summed E-state index contributed by atoms with van der Waals surface area (Å²) >= 11 is 0.